The lowest BCUT2D eigenvalue weighted by Crippen LogP contribution is -2.36. The van der Waals surface area contributed by atoms with E-state index < -0.39 is 11.9 Å². The lowest BCUT2D eigenvalue weighted by molar-refractivity contribution is -0.0293. The zero-order valence-corrected chi connectivity index (χ0v) is 25.3. The number of halogens is 3. The molecule has 1 unspecified atom stereocenters. The van der Waals surface area contributed by atoms with Crippen molar-refractivity contribution in [3.05, 3.63) is 80.9 Å². The van der Waals surface area contributed by atoms with Gasteiger partial charge in [0.25, 0.3) is 0 Å². The zero-order valence-electron chi connectivity index (χ0n) is 23.0. The van der Waals surface area contributed by atoms with E-state index in [1.54, 1.807) is 23.5 Å². The average Bonchev–Trinajstić information content (AvgIpc) is 3.69. The van der Waals surface area contributed by atoms with Crippen LogP contribution in [-0.2, 0) is 9.47 Å². The molecule has 0 saturated carbocycles. The molecule has 0 aliphatic carbocycles. The summed E-state index contributed by atoms with van der Waals surface area (Å²) in [6, 6.07) is 9.72. The van der Waals surface area contributed by atoms with Crippen molar-refractivity contribution in [2.75, 3.05) is 55.1 Å². The van der Waals surface area contributed by atoms with E-state index in [0.29, 0.717) is 65.1 Å². The van der Waals surface area contributed by atoms with Crippen LogP contribution in [0.25, 0.3) is 10.9 Å². The molecule has 2 N–H and O–H groups in total. The highest BCUT2D eigenvalue weighted by Crippen LogP contribution is 2.38. The monoisotopic (exact) mass is 651 g/mol. The predicted octanol–water partition coefficient (Wildman–Crippen LogP) is 5.95. The van der Waals surface area contributed by atoms with E-state index in [2.05, 4.69) is 36.9 Å². The van der Waals surface area contributed by atoms with Gasteiger partial charge in [0, 0.05) is 41.4 Å². The minimum atomic E-state index is -0.543. The highest BCUT2D eigenvalue weighted by atomic mass is 35.5. The molecule has 7 rings (SSSR count). The number of nitriles is 1. The molecule has 0 radical (unpaired) electrons. The topological polar surface area (TPSA) is 126 Å². The Morgan fingerprint density at radius 2 is 1.89 bits per heavy atom. The first kappa shape index (κ1) is 28.7. The van der Waals surface area contributed by atoms with E-state index in [1.807, 2.05) is 22.3 Å². The fraction of sp³-hybridized carbons (Fsp3) is 0.276. The molecule has 5 heterocycles. The first-order valence-corrected chi connectivity index (χ1v) is 15.4. The van der Waals surface area contributed by atoms with Crippen molar-refractivity contribution >= 4 is 67.6 Å². The highest BCUT2D eigenvalue weighted by Gasteiger charge is 2.27. The Morgan fingerprint density at radius 1 is 1.07 bits per heavy atom. The van der Waals surface area contributed by atoms with Crippen LogP contribution in [0.15, 0.2) is 48.1 Å². The summed E-state index contributed by atoms with van der Waals surface area (Å²) < 4.78 is 26.5. The maximum atomic E-state index is 13.8. The first-order chi connectivity index (χ1) is 21.5. The summed E-state index contributed by atoms with van der Waals surface area (Å²) in [5, 5.41) is 29.4. The Hall–Kier alpha value is -4.06. The number of morpholine rings is 1. The van der Waals surface area contributed by atoms with Crippen molar-refractivity contribution < 1.29 is 13.9 Å². The molecule has 2 aliphatic heterocycles. The first-order valence-electron chi connectivity index (χ1n) is 13.8. The highest BCUT2D eigenvalue weighted by molar-refractivity contribution is 7.13. The smallest absolute Gasteiger partial charge is 0.185 e. The average molecular weight is 653 g/mol. The summed E-state index contributed by atoms with van der Waals surface area (Å²) in [5.41, 5.74) is 3.82. The molecule has 15 heteroatoms. The van der Waals surface area contributed by atoms with Crippen LogP contribution in [0, 0.1) is 17.1 Å². The molecule has 3 aromatic heterocycles. The molecule has 0 amide bonds. The molecule has 2 fully saturated rings. The number of anilines is 4. The van der Waals surface area contributed by atoms with Gasteiger partial charge in [0.05, 0.1) is 65.1 Å². The second-order valence-electron chi connectivity index (χ2n) is 10.3. The third kappa shape index (κ3) is 5.62. The number of nitrogens with zero attached hydrogens (tertiary/aromatic N) is 7. The summed E-state index contributed by atoms with van der Waals surface area (Å²) in [7, 11) is 0. The van der Waals surface area contributed by atoms with Crippen molar-refractivity contribution in [3.63, 3.8) is 0 Å². The summed E-state index contributed by atoms with van der Waals surface area (Å²) in [4.78, 5) is 11.6. The third-order valence-corrected chi connectivity index (χ3v) is 8.95. The van der Waals surface area contributed by atoms with Crippen LogP contribution in [0.3, 0.4) is 0 Å². The van der Waals surface area contributed by atoms with E-state index in [9.17, 15) is 9.65 Å². The van der Waals surface area contributed by atoms with E-state index in [1.165, 1.54) is 18.3 Å². The lowest BCUT2D eigenvalue weighted by Gasteiger charge is -2.26. The number of benzene rings is 2. The Bertz CT molecular complexity index is 1880. The van der Waals surface area contributed by atoms with Crippen LogP contribution >= 0.6 is 34.5 Å². The zero-order chi connectivity index (χ0) is 30.2. The molecule has 224 valence electrons. The third-order valence-electron chi connectivity index (χ3n) is 7.45. The quantitative estimate of drug-likeness (QED) is 0.208. The molecule has 44 heavy (non-hydrogen) atoms. The fourth-order valence-corrected chi connectivity index (χ4v) is 6.39. The van der Waals surface area contributed by atoms with Gasteiger partial charge in [0.2, 0.25) is 0 Å². The van der Waals surface area contributed by atoms with E-state index in [0.717, 1.165) is 23.9 Å². The van der Waals surface area contributed by atoms with Gasteiger partial charge in [-0.25, -0.2) is 14.1 Å². The van der Waals surface area contributed by atoms with Gasteiger partial charge in [-0.1, -0.05) is 28.4 Å². The molecular weight excluding hydrogens is 628 g/mol. The molecule has 0 spiro atoms. The molecule has 5 aromatic rings. The van der Waals surface area contributed by atoms with E-state index in [-0.39, 0.29) is 16.6 Å². The van der Waals surface area contributed by atoms with Gasteiger partial charge in [-0.05, 0) is 30.3 Å². The summed E-state index contributed by atoms with van der Waals surface area (Å²) in [6.07, 6.45) is 3.35. The van der Waals surface area contributed by atoms with Gasteiger partial charge in [-0.2, -0.15) is 5.26 Å². The number of aromatic nitrogens is 5. The molecule has 1 atom stereocenters. The van der Waals surface area contributed by atoms with E-state index >= 15 is 0 Å². The summed E-state index contributed by atoms with van der Waals surface area (Å²) in [6.45, 7) is 4.02. The van der Waals surface area contributed by atoms with Gasteiger partial charge in [0.15, 0.2) is 5.13 Å². The Labute approximate surface area is 265 Å². The number of thiazole rings is 1. The number of hydrogen-bond acceptors (Lipinski definition) is 11. The SMILES string of the molecule is N#Cc1cnc2c(Cl)cc(NC(c3cn(C4COC4)nn3)c3csc(N4CCOCC4)n3)cc2c1Nc1ccc(F)c(Cl)c1. The lowest BCUT2D eigenvalue weighted by atomic mass is 10.1. The molecular formula is C29H24Cl2FN9O2S. The number of hydrogen-bond donors (Lipinski definition) is 2. The van der Waals surface area contributed by atoms with E-state index in [4.69, 9.17) is 37.7 Å². The van der Waals surface area contributed by atoms with Crippen LogP contribution in [0.2, 0.25) is 10.0 Å². The van der Waals surface area contributed by atoms with Crippen molar-refractivity contribution in [1.82, 2.24) is 25.0 Å². The van der Waals surface area contributed by atoms with Crippen molar-refractivity contribution in [1.29, 1.82) is 5.26 Å². The predicted molar refractivity (Wildman–Crippen MR) is 167 cm³/mol. The van der Waals surface area contributed by atoms with Crippen molar-refractivity contribution in [2.45, 2.75) is 12.1 Å². The van der Waals surface area contributed by atoms with Gasteiger partial charge in [0.1, 0.15) is 29.7 Å². The Morgan fingerprint density at radius 3 is 2.64 bits per heavy atom. The Kier molecular flexibility index (Phi) is 7.92. The molecule has 0 bridgehead atoms. The second-order valence-corrected chi connectivity index (χ2v) is 12.0. The number of nitrogens with one attached hydrogen (secondary N) is 2. The number of fused-ring (bicyclic) bond motifs is 1. The van der Waals surface area contributed by atoms with Gasteiger partial charge in [-0.15, -0.1) is 16.4 Å². The second kappa shape index (κ2) is 12.1. The maximum Gasteiger partial charge on any atom is 0.185 e. The molecule has 2 saturated heterocycles. The number of ether oxygens (including phenoxy) is 2. The largest absolute Gasteiger partial charge is 0.378 e. The maximum absolute atomic E-state index is 13.8. The van der Waals surface area contributed by atoms with Gasteiger partial charge >= 0.3 is 0 Å². The van der Waals surface area contributed by atoms with Crippen molar-refractivity contribution in [2.24, 2.45) is 0 Å². The molecule has 2 aromatic carbocycles. The van der Waals surface area contributed by atoms with Gasteiger partial charge in [-0.3, -0.25) is 4.98 Å². The Balaban J connectivity index is 1.28. The minimum absolute atomic E-state index is 0.0451. The van der Waals surface area contributed by atoms with Crippen LogP contribution in [-0.4, -0.2) is 64.5 Å². The standard InChI is InChI=1S/C29H24Cl2FN9O2S/c30-21-8-17(1-2-23(21)32)35-26-16(10-33)11-34-27-20(26)7-18(9-22(27)31)36-28(24-12-41(39-38-24)19-13-43-14-19)25-15-44-29(37-25)40-3-5-42-6-4-40/h1-2,7-9,11-12,15,19,28,36H,3-6,13-14H2,(H,34,35). The number of rotatable bonds is 8. The van der Waals surface area contributed by atoms with Crippen LogP contribution in [0.1, 0.15) is 29.0 Å². The normalized spacial score (nSPS) is 16.0. The van der Waals surface area contributed by atoms with Gasteiger partial charge < -0.3 is 25.0 Å². The number of pyridine rings is 1. The minimum Gasteiger partial charge on any atom is -0.378 e. The molecule has 2 aliphatic rings. The molecule has 11 nitrogen and oxygen atoms in total. The van der Waals surface area contributed by atoms with Crippen LogP contribution in [0.5, 0.6) is 0 Å². The fourth-order valence-electron chi connectivity index (χ4n) is 5.03. The van der Waals surface area contributed by atoms with Crippen LogP contribution in [0.4, 0.5) is 26.6 Å². The van der Waals surface area contributed by atoms with Crippen molar-refractivity contribution in [3.8, 4) is 6.07 Å². The van der Waals surface area contributed by atoms with Crippen LogP contribution < -0.4 is 15.5 Å². The summed E-state index contributed by atoms with van der Waals surface area (Å²) >= 11 is 14.4. The summed E-state index contributed by atoms with van der Waals surface area (Å²) in [5.74, 6) is -0.543.